The second-order valence-electron chi connectivity index (χ2n) is 8.65. The lowest BCUT2D eigenvalue weighted by atomic mass is 9.97. The van der Waals surface area contributed by atoms with Crippen LogP contribution in [-0.4, -0.2) is 4.57 Å². The molecule has 0 N–H and O–H groups in total. The van der Waals surface area contributed by atoms with Gasteiger partial charge in [-0.15, -0.1) is 0 Å². The fourth-order valence-corrected chi connectivity index (χ4v) is 5.18. The summed E-state index contributed by atoms with van der Waals surface area (Å²) in [4.78, 5) is 0. The number of fused-ring (bicyclic) bond motifs is 6. The molecule has 0 saturated heterocycles. The molecule has 7 aromatic rings. The highest BCUT2D eigenvalue weighted by Gasteiger charge is 2.15. The monoisotopic (exact) mass is 419 g/mol. The van der Waals surface area contributed by atoms with Gasteiger partial charge in [-0.05, 0) is 57.6 Å². The Morgan fingerprint density at radius 3 is 1.91 bits per heavy atom. The van der Waals surface area contributed by atoms with Crippen LogP contribution in [0.25, 0.3) is 60.2 Å². The first kappa shape index (κ1) is 18.2. The standard InChI is InChI=1S/C32H21N/c1-2-10-27(11-3-1)33-31-13-7-6-12-29(31)30-19-17-26-21-25(16-18-28(26)32(30)33)24-15-14-22-8-4-5-9-23(22)20-24/h1-21H. The van der Waals surface area contributed by atoms with Gasteiger partial charge in [0.25, 0.3) is 0 Å². The van der Waals surface area contributed by atoms with Crippen molar-refractivity contribution in [2.75, 3.05) is 0 Å². The number of hydrogen-bond acceptors (Lipinski definition) is 0. The van der Waals surface area contributed by atoms with Gasteiger partial charge in [-0.3, -0.25) is 0 Å². The summed E-state index contributed by atoms with van der Waals surface area (Å²) in [6, 6.07) is 46.1. The molecule has 0 unspecified atom stereocenters. The van der Waals surface area contributed by atoms with E-state index in [4.69, 9.17) is 0 Å². The van der Waals surface area contributed by atoms with Gasteiger partial charge in [0.1, 0.15) is 0 Å². The number of para-hydroxylation sites is 2. The third-order valence-electron chi connectivity index (χ3n) is 6.75. The molecule has 1 heteroatoms. The predicted octanol–water partition coefficient (Wildman–Crippen LogP) is 8.76. The first-order valence-corrected chi connectivity index (χ1v) is 11.4. The normalized spacial score (nSPS) is 11.6. The van der Waals surface area contributed by atoms with Crippen LogP contribution in [0, 0.1) is 0 Å². The molecule has 6 aromatic carbocycles. The van der Waals surface area contributed by atoms with E-state index in [9.17, 15) is 0 Å². The molecule has 7 rings (SSSR count). The molecule has 154 valence electrons. The highest BCUT2D eigenvalue weighted by Crippen LogP contribution is 2.37. The fourth-order valence-electron chi connectivity index (χ4n) is 5.18. The summed E-state index contributed by atoms with van der Waals surface area (Å²) in [5, 5.41) is 7.66. The van der Waals surface area contributed by atoms with Crippen LogP contribution in [0.3, 0.4) is 0 Å². The van der Waals surface area contributed by atoms with Gasteiger partial charge in [0.15, 0.2) is 0 Å². The first-order chi connectivity index (χ1) is 16.4. The van der Waals surface area contributed by atoms with Crippen LogP contribution in [0.5, 0.6) is 0 Å². The SMILES string of the molecule is c1ccc(-n2c3ccccc3c3ccc4cc(-c5ccc6ccccc6c5)ccc4c32)cc1. The van der Waals surface area contributed by atoms with E-state index in [1.54, 1.807) is 0 Å². The van der Waals surface area contributed by atoms with Crippen molar-refractivity contribution in [1.29, 1.82) is 0 Å². The number of rotatable bonds is 2. The van der Waals surface area contributed by atoms with Crippen molar-refractivity contribution in [3.05, 3.63) is 127 Å². The summed E-state index contributed by atoms with van der Waals surface area (Å²) in [6.45, 7) is 0. The molecule has 1 nitrogen and oxygen atoms in total. The topological polar surface area (TPSA) is 4.93 Å². The summed E-state index contributed by atoms with van der Waals surface area (Å²) in [6.07, 6.45) is 0. The molecule has 0 saturated carbocycles. The minimum absolute atomic E-state index is 1.19. The zero-order valence-corrected chi connectivity index (χ0v) is 18.1. The van der Waals surface area contributed by atoms with Crippen molar-refractivity contribution >= 4 is 43.4 Å². The van der Waals surface area contributed by atoms with E-state index in [0.29, 0.717) is 0 Å². The Kier molecular flexibility index (Phi) is 3.91. The molecule has 0 aliphatic rings. The van der Waals surface area contributed by atoms with Gasteiger partial charge in [-0.2, -0.15) is 0 Å². The average molecular weight is 420 g/mol. The van der Waals surface area contributed by atoms with Crippen LogP contribution in [0.4, 0.5) is 0 Å². The zero-order valence-electron chi connectivity index (χ0n) is 18.1. The van der Waals surface area contributed by atoms with Gasteiger partial charge in [0.2, 0.25) is 0 Å². The summed E-state index contributed by atoms with van der Waals surface area (Å²) < 4.78 is 2.41. The number of aromatic nitrogens is 1. The third-order valence-corrected chi connectivity index (χ3v) is 6.75. The zero-order chi connectivity index (χ0) is 21.8. The van der Waals surface area contributed by atoms with Crippen molar-refractivity contribution in [2.45, 2.75) is 0 Å². The van der Waals surface area contributed by atoms with Crippen LogP contribution < -0.4 is 0 Å². The van der Waals surface area contributed by atoms with E-state index < -0.39 is 0 Å². The Balaban J connectivity index is 1.52. The second kappa shape index (κ2) is 7.08. The number of benzene rings is 6. The molecular weight excluding hydrogens is 398 g/mol. The smallest absolute Gasteiger partial charge is 0.0619 e. The van der Waals surface area contributed by atoms with Gasteiger partial charge >= 0.3 is 0 Å². The lowest BCUT2D eigenvalue weighted by Gasteiger charge is -2.11. The van der Waals surface area contributed by atoms with E-state index in [0.717, 1.165) is 0 Å². The minimum atomic E-state index is 1.19. The Hall–Kier alpha value is -4.36. The third kappa shape index (κ3) is 2.79. The van der Waals surface area contributed by atoms with E-state index >= 15 is 0 Å². The lowest BCUT2D eigenvalue weighted by Crippen LogP contribution is -1.94. The molecular formula is C32H21N. The van der Waals surface area contributed by atoms with Crippen LogP contribution in [0.2, 0.25) is 0 Å². The van der Waals surface area contributed by atoms with Crippen LogP contribution >= 0.6 is 0 Å². The fraction of sp³-hybridized carbons (Fsp3) is 0. The Morgan fingerprint density at radius 1 is 0.394 bits per heavy atom. The van der Waals surface area contributed by atoms with E-state index in [1.165, 1.54) is 60.2 Å². The van der Waals surface area contributed by atoms with Crippen molar-refractivity contribution in [3.63, 3.8) is 0 Å². The van der Waals surface area contributed by atoms with Gasteiger partial charge in [0.05, 0.1) is 11.0 Å². The molecule has 0 atom stereocenters. The van der Waals surface area contributed by atoms with Crippen molar-refractivity contribution in [3.8, 4) is 16.8 Å². The largest absolute Gasteiger partial charge is 0.309 e. The van der Waals surface area contributed by atoms with Gasteiger partial charge in [-0.25, -0.2) is 0 Å². The van der Waals surface area contributed by atoms with Gasteiger partial charge in [0, 0.05) is 21.8 Å². The molecule has 0 aliphatic carbocycles. The Bertz CT molecular complexity index is 1810. The first-order valence-electron chi connectivity index (χ1n) is 11.4. The molecule has 0 aliphatic heterocycles. The van der Waals surface area contributed by atoms with Gasteiger partial charge in [-0.1, -0.05) is 97.1 Å². The van der Waals surface area contributed by atoms with Crippen LogP contribution in [0.1, 0.15) is 0 Å². The summed E-state index contributed by atoms with van der Waals surface area (Å²) >= 11 is 0. The maximum absolute atomic E-state index is 2.41. The van der Waals surface area contributed by atoms with Crippen molar-refractivity contribution in [1.82, 2.24) is 4.57 Å². The van der Waals surface area contributed by atoms with Crippen LogP contribution in [-0.2, 0) is 0 Å². The molecule has 0 bridgehead atoms. The molecule has 1 heterocycles. The van der Waals surface area contributed by atoms with Crippen LogP contribution in [0.15, 0.2) is 127 Å². The molecule has 0 fully saturated rings. The lowest BCUT2D eigenvalue weighted by molar-refractivity contribution is 1.19. The summed E-state index contributed by atoms with van der Waals surface area (Å²) in [7, 11) is 0. The predicted molar refractivity (Wildman–Crippen MR) is 141 cm³/mol. The van der Waals surface area contributed by atoms with E-state index in [-0.39, 0.29) is 0 Å². The summed E-state index contributed by atoms with van der Waals surface area (Å²) in [5.41, 5.74) is 6.19. The summed E-state index contributed by atoms with van der Waals surface area (Å²) in [5.74, 6) is 0. The number of hydrogen-bond donors (Lipinski definition) is 0. The molecule has 0 amide bonds. The van der Waals surface area contributed by atoms with Gasteiger partial charge < -0.3 is 4.57 Å². The highest BCUT2D eigenvalue weighted by molar-refractivity contribution is 6.19. The van der Waals surface area contributed by atoms with Crippen molar-refractivity contribution < 1.29 is 0 Å². The average Bonchev–Trinajstić information content (AvgIpc) is 3.23. The molecule has 1 aromatic heterocycles. The molecule has 0 radical (unpaired) electrons. The molecule has 0 spiro atoms. The minimum Gasteiger partial charge on any atom is -0.309 e. The maximum atomic E-state index is 2.41. The highest BCUT2D eigenvalue weighted by atomic mass is 15.0. The van der Waals surface area contributed by atoms with Crippen molar-refractivity contribution in [2.24, 2.45) is 0 Å². The Morgan fingerprint density at radius 2 is 1.03 bits per heavy atom. The maximum Gasteiger partial charge on any atom is 0.0619 e. The quantitative estimate of drug-likeness (QED) is 0.264. The van der Waals surface area contributed by atoms with E-state index in [1.807, 2.05) is 0 Å². The molecule has 33 heavy (non-hydrogen) atoms. The van der Waals surface area contributed by atoms with E-state index in [2.05, 4.69) is 132 Å². The Labute approximate surface area is 192 Å². The number of nitrogens with zero attached hydrogens (tertiary/aromatic N) is 1. The second-order valence-corrected chi connectivity index (χ2v) is 8.65.